The van der Waals surface area contributed by atoms with Crippen molar-refractivity contribution in [3.63, 3.8) is 0 Å². The van der Waals surface area contributed by atoms with E-state index in [0.29, 0.717) is 0 Å². The molecule has 1 N–H and O–H groups in total. The highest BCUT2D eigenvalue weighted by Gasteiger charge is 2.15. The highest BCUT2D eigenvalue weighted by molar-refractivity contribution is 7.99. The molecule has 5 heteroatoms. The number of aryl methyl sites for hydroxylation is 1. The van der Waals surface area contributed by atoms with Gasteiger partial charge in [-0.3, -0.25) is 0 Å². The molecule has 0 saturated heterocycles. The van der Waals surface area contributed by atoms with Gasteiger partial charge in [-0.25, -0.2) is 4.98 Å². The molecule has 0 atom stereocenters. The van der Waals surface area contributed by atoms with Gasteiger partial charge in [-0.1, -0.05) is 0 Å². The number of hydrogen-bond acceptors (Lipinski definition) is 5. The molecular weight excluding hydrogens is 202 g/mol. The van der Waals surface area contributed by atoms with Crippen LogP contribution in [0.5, 0.6) is 0 Å². The zero-order chi connectivity index (χ0) is 9.90. The van der Waals surface area contributed by atoms with Crippen molar-refractivity contribution in [3.05, 3.63) is 5.82 Å². The summed E-state index contributed by atoms with van der Waals surface area (Å²) in [7, 11) is 0. The summed E-state index contributed by atoms with van der Waals surface area (Å²) in [4.78, 5) is 4.24. The van der Waals surface area contributed by atoms with Crippen LogP contribution in [0.2, 0.25) is 0 Å². The number of nitrogens with one attached hydrogen (secondary N) is 1. The van der Waals surface area contributed by atoms with E-state index in [0.717, 1.165) is 17.5 Å². The van der Waals surface area contributed by atoms with Crippen molar-refractivity contribution in [3.8, 4) is 0 Å². The molecule has 0 radical (unpaired) electrons. The minimum atomic E-state index is 0.250. The topological polar surface area (TPSA) is 37.8 Å². The molecule has 3 nitrogen and oxygen atoms in total. The van der Waals surface area contributed by atoms with Crippen LogP contribution in [0.25, 0.3) is 0 Å². The molecule has 0 saturated carbocycles. The average molecular weight is 217 g/mol. The molecule has 1 aromatic rings. The summed E-state index contributed by atoms with van der Waals surface area (Å²) in [5.74, 6) is 0.842. The molecule has 0 aromatic carbocycles. The Morgan fingerprint density at radius 3 is 2.69 bits per heavy atom. The number of aromatic nitrogens is 2. The summed E-state index contributed by atoms with van der Waals surface area (Å²) in [5.41, 5.74) is 0. The number of nitrogens with zero attached hydrogens (tertiary/aromatic N) is 2. The molecule has 0 aliphatic carbocycles. The highest BCUT2D eigenvalue weighted by Crippen LogP contribution is 2.22. The van der Waals surface area contributed by atoms with E-state index in [1.165, 1.54) is 11.5 Å². The molecule has 0 aliphatic heterocycles. The largest absolute Gasteiger partial charge is 0.359 e. The Labute approximate surface area is 87.5 Å². The van der Waals surface area contributed by atoms with Gasteiger partial charge in [-0.2, -0.15) is 16.1 Å². The zero-order valence-electron chi connectivity index (χ0n) is 8.42. The van der Waals surface area contributed by atoms with Crippen molar-refractivity contribution >= 4 is 28.4 Å². The van der Waals surface area contributed by atoms with E-state index in [2.05, 4.69) is 34.8 Å². The average Bonchev–Trinajstić information content (AvgIpc) is 2.48. The number of anilines is 1. The van der Waals surface area contributed by atoms with Crippen LogP contribution in [0, 0.1) is 6.92 Å². The van der Waals surface area contributed by atoms with Crippen molar-refractivity contribution in [2.24, 2.45) is 0 Å². The molecule has 13 heavy (non-hydrogen) atoms. The lowest BCUT2D eigenvalue weighted by atomic mass is 10.2. The zero-order valence-corrected chi connectivity index (χ0v) is 10.1. The first-order valence-corrected chi connectivity index (χ1v) is 6.13. The summed E-state index contributed by atoms with van der Waals surface area (Å²) in [5, 5.41) is 4.20. The van der Waals surface area contributed by atoms with E-state index in [1.54, 1.807) is 0 Å². The van der Waals surface area contributed by atoms with Gasteiger partial charge in [-0.15, -0.1) is 0 Å². The first-order valence-electron chi connectivity index (χ1n) is 4.13. The van der Waals surface area contributed by atoms with Gasteiger partial charge in [0.05, 0.1) is 0 Å². The maximum atomic E-state index is 4.24. The van der Waals surface area contributed by atoms with Gasteiger partial charge in [0.2, 0.25) is 5.13 Å². The lowest BCUT2D eigenvalue weighted by Gasteiger charge is -2.21. The number of thioether (sulfide) groups is 1. The summed E-state index contributed by atoms with van der Waals surface area (Å²) in [6.07, 6.45) is 2.12. The molecule has 0 unspecified atom stereocenters. The quantitative estimate of drug-likeness (QED) is 0.840. The van der Waals surface area contributed by atoms with Gasteiger partial charge in [0.1, 0.15) is 5.82 Å². The van der Waals surface area contributed by atoms with Crippen LogP contribution in [-0.2, 0) is 0 Å². The Balaban J connectivity index is 2.43. The smallest absolute Gasteiger partial charge is 0.202 e. The van der Waals surface area contributed by atoms with Crippen LogP contribution in [0.3, 0.4) is 0 Å². The van der Waals surface area contributed by atoms with Gasteiger partial charge in [-0.05, 0) is 27.0 Å². The molecule has 0 amide bonds. The van der Waals surface area contributed by atoms with E-state index < -0.39 is 0 Å². The predicted octanol–water partition coefficient (Wildman–Crippen LogP) is 2.40. The van der Waals surface area contributed by atoms with E-state index in [-0.39, 0.29) is 4.75 Å². The third-order valence-corrected chi connectivity index (χ3v) is 3.76. The molecule has 1 rings (SSSR count). The number of rotatable bonds is 4. The Hall–Kier alpha value is -0.290. The van der Waals surface area contributed by atoms with E-state index in [9.17, 15) is 0 Å². The second-order valence-corrected chi connectivity index (χ2v) is 5.73. The first-order chi connectivity index (χ1) is 6.03. The lowest BCUT2D eigenvalue weighted by molar-refractivity contribution is 0.752. The van der Waals surface area contributed by atoms with Crippen molar-refractivity contribution < 1.29 is 0 Å². The molecule has 0 spiro atoms. The normalized spacial score (nSPS) is 11.7. The van der Waals surface area contributed by atoms with Gasteiger partial charge in [0, 0.05) is 22.8 Å². The highest BCUT2D eigenvalue weighted by atomic mass is 32.2. The Morgan fingerprint density at radius 2 is 2.23 bits per heavy atom. The molecule has 1 aromatic heterocycles. The maximum absolute atomic E-state index is 4.24. The SMILES string of the molecule is CSC(C)(C)CNc1nc(C)ns1. The molecule has 0 bridgehead atoms. The minimum Gasteiger partial charge on any atom is -0.359 e. The van der Waals surface area contributed by atoms with Crippen LogP contribution in [0.1, 0.15) is 19.7 Å². The second-order valence-electron chi connectivity index (χ2n) is 3.46. The summed E-state index contributed by atoms with van der Waals surface area (Å²) in [6, 6.07) is 0. The second kappa shape index (κ2) is 4.28. The van der Waals surface area contributed by atoms with Crippen LogP contribution in [-0.4, -0.2) is 26.9 Å². The third kappa shape index (κ3) is 3.52. The fraction of sp³-hybridized carbons (Fsp3) is 0.750. The summed E-state index contributed by atoms with van der Waals surface area (Å²) in [6.45, 7) is 7.24. The van der Waals surface area contributed by atoms with Gasteiger partial charge < -0.3 is 5.32 Å². The molecular formula is C8H15N3S2. The van der Waals surface area contributed by atoms with Crippen LogP contribution in [0.15, 0.2) is 0 Å². The first kappa shape index (κ1) is 10.8. The molecule has 74 valence electrons. The summed E-state index contributed by atoms with van der Waals surface area (Å²) >= 11 is 3.27. The van der Waals surface area contributed by atoms with Crippen molar-refractivity contribution in [1.82, 2.24) is 9.36 Å². The standard InChI is InChI=1S/C8H15N3S2/c1-6-10-7(13-11-6)9-5-8(2,3)12-4/h5H2,1-4H3,(H,9,10,11). The van der Waals surface area contributed by atoms with E-state index in [1.807, 2.05) is 18.7 Å². The Morgan fingerprint density at radius 1 is 1.54 bits per heavy atom. The van der Waals surface area contributed by atoms with Crippen molar-refractivity contribution in [1.29, 1.82) is 0 Å². The van der Waals surface area contributed by atoms with Crippen molar-refractivity contribution in [2.45, 2.75) is 25.5 Å². The fourth-order valence-corrected chi connectivity index (χ4v) is 1.52. The van der Waals surface area contributed by atoms with Crippen molar-refractivity contribution in [2.75, 3.05) is 18.1 Å². The van der Waals surface area contributed by atoms with Gasteiger partial charge in [0.25, 0.3) is 0 Å². The Bertz CT molecular complexity index is 270. The fourth-order valence-electron chi connectivity index (χ4n) is 0.730. The maximum Gasteiger partial charge on any atom is 0.202 e. The monoisotopic (exact) mass is 217 g/mol. The van der Waals surface area contributed by atoms with E-state index in [4.69, 9.17) is 0 Å². The van der Waals surface area contributed by atoms with Crippen LogP contribution >= 0.6 is 23.3 Å². The minimum absolute atomic E-state index is 0.250. The Kier molecular flexibility index (Phi) is 3.55. The number of hydrogen-bond donors (Lipinski definition) is 1. The molecule has 1 heterocycles. The third-order valence-electron chi connectivity index (χ3n) is 1.75. The summed E-state index contributed by atoms with van der Waals surface area (Å²) < 4.78 is 4.35. The predicted molar refractivity (Wildman–Crippen MR) is 60.7 cm³/mol. The molecule has 0 fully saturated rings. The lowest BCUT2D eigenvalue weighted by Crippen LogP contribution is -2.25. The van der Waals surface area contributed by atoms with Gasteiger partial charge in [0.15, 0.2) is 0 Å². The van der Waals surface area contributed by atoms with E-state index >= 15 is 0 Å². The molecule has 0 aliphatic rings. The van der Waals surface area contributed by atoms with Gasteiger partial charge >= 0.3 is 0 Å². The van der Waals surface area contributed by atoms with Crippen LogP contribution < -0.4 is 5.32 Å². The van der Waals surface area contributed by atoms with Crippen LogP contribution in [0.4, 0.5) is 5.13 Å².